The Kier molecular flexibility index (Phi) is 2.22. The highest BCUT2D eigenvalue weighted by Crippen LogP contribution is 2.16. The molecule has 0 aromatic rings. The minimum atomic E-state index is -1.63. The molecule has 1 heterocycles. The second-order valence-corrected chi connectivity index (χ2v) is 2.21. The number of ether oxygens (including phenoxy) is 1. The molecule has 1 aliphatic heterocycles. The van der Waals surface area contributed by atoms with Crippen molar-refractivity contribution in [2.75, 3.05) is 6.61 Å². The van der Waals surface area contributed by atoms with Gasteiger partial charge < -0.3 is 25.2 Å². The third-order valence-electron chi connectivity index (χ3n) is 1.50. The monoisotopic (exact) mass is 149 g/mol. The average molecular weight is 149 g/mol. The van der Waals surface area contributed by atoms with Crippen molar-refractivity contribution in [2.45, 2.75) is 24.6 Å². The molecule has 1 fully saturated rings. The van der Waals surface area contributed by atoms with Gasteiger partial charge in [-0.25, -0.2) is 0 Å². The van der Waals surface area contributed by atoms with E-state index < -0.39 is 31.2 Å². The van der Waals surface area contributed by atoms with Crippen LogP contribution in [0.25, 0.3) is 0 Å². The average Bonchev–Trinajstić information content (AvgIpc) is 2.17. The fraction of sp³-hybridized carbons (Fsp3) is 1.00. The Morgan fingerprint density at radius 2 is 1.90 bits per heavy atom. The molecule has 0 amide bonds. The summed E-state index contributed by atoms with van der Waals surface area (Å²) in [5, 5.41) is 36.6. The second-order valence-electron chi connectivity index (χ2n) is 2.21. The molecule has 3 N–H and O–H groups in total. The SMILES string of the molecule is [O-]C1OC(CO)C(O)C1O. The number of hydrogen-bond acceptors (Lipinski definition) is 5. The van der Waals surface area contributed by atoms with Gasteiger partial charge in [0, 0.05) is 6.29 Å². The lowest BCUT2D eigenvalue weighted by Gasteiger charge is -2.18. The Labute approximate surface area is 57.5 Å². The van der Waals surface area contributed by atoms with Crippen LogP contribution in [0.15, 0.2) is 0 Å². The van der Waals surface area contributed by atoms with Gasteiger partial charge in [-0.2, -0.15) is 0 Å². The van der Waals surface area contributed by atoms with Crippen LogP contribution in [0.1, 0.15) is 0 Å². The van der Waals surface area contributed by atoms with Crippen LogP contribution in [0.5, 0.6) is 0 Å². The predicted molar refractivity (Wildman–Crippen MR) is 27.8 cm³/mol. The van der Waals surface area contributed by atoms with Gasteiger partial charge in [-0.3, -0.25) is 0 Å². The summed E-state index contributed by atoms with van der Waals surface area (Å²) in [5.41, 5.74) is 0. The van der Waals surface area contributed by atoms with Gasteiger partial charge in [0.15, 0.2) is 0 Å². The molecule has 0 saturated carbocycles. The van der Waals surface area contributed by atoms with Gasteiger partial charge in [0.25, 0.3) is 0 Å². The van der Waals surface area contributed by atoms with Crippen LogP contribution in [0.3, 0.4) is 0 Å². The Hall–Kier alpha value is -0.200. The zero-order chi connectivity index (χ0) is 7.72. The second kappa shape index (κ2) is 2.81. The molecular formula is C5H9O5-. The van der Waals surface area contributed by atoms with Gasteiger partial charge in [0.2, 0.25) is 0 Å². The van der Waals surface area contributed by atoms with E-state index in [1.807, 2.05) is 0 Å². The lowest BCUT2D eigenvalue weighted by molar-refractivity contribution is -0.498. The van der Waals surface area contributed by atoms with Crippen LogP contribution >= 0.6 is 0 Å². The third kappa shape index (κ3) is 1.14. The molecule has 4 atom stereocenters. The van der Waals surface area contributed by atoms with E-state index in [9.17, 15) is 5.11 Å². The maximum Gasteiger partial charge on any atom is 0.109 e. The van der Waals surface area contributed by atoms with E-state index in [0.29, 0.717) is 0 Å². The topological polar surface area (TPSA) is 93.0 Å². The van der Waals surface area contributed by atoms with Crippen molar-refractivity contribution < 1.29 is 25.2 Å². The minimum Gasteiger partial charge on any atom is -0.829 e. The van der Waals surface area contributed by atoms with Crippen molar-refractivity contribution in [3.05, 3.63) is 0 Å². The summed E-state index contributed by atoms with van der Waals surface area (Å²) in [5.74, 6) is 0. The molecule has 0 aromatic carbocycles. The molecule has 0 aromatic heterocycles. The fourth-order valence-electron chi connectivity index (χ4n) is 0.865. The maximum absolute atomic E-state index is 10.5. The third-order valence-corrected chi connectivity index (χ3v) is 1.50. The van der Waals surface area contributed by atoms with Crippen molar-refractivity contribution in [3.8, 4) is 0 Å². The Morgan fingerprint density at radius 1 is 1.30 bits per heavy atom. The van der Waals surface area contributed by atoms with Gasteiger partial charge >= 0.3 is 0 Å². The fourth-order valence-corrected chi connectivity index (χ4v) is 0.865. The number of hydrogen-bond donors (Lipinski definition) is 3. The van der Waals surface area contributed by atoms with Crippen LogP contribution in [0, 0.1) is 0 Å². The lowest BCUT2D eigenvalue weighted by atomic mass is 10.1. The van der Waals surface area contributed by atoms with Crippen molar-refractivity contribution >= 4 is 0 Å². The van der Waals surface area contributed by atoms with Crippen LogP contribution in [-0.2, 0) is 4.74 Å². The molecule has 0 spiro atoms. The first-order chi connectivity index (χ1) is 4.66. The maximum atomic E-state index is 10.5. The van der Waals surface area contributed by atoms with E-state index in [-0.39, 0.29) is 0 Å². The van der Waals surface area contributed by atoms with Crippen LogP contribution < -0.4 is 5.11 Å². The highest BCUT2D eigenvalue weighted by Gasteiger charge is 2.36. The van der Waals surface area contributed by atoms with Crippen molar-refractivity contribution in [3.63, 3.8) is 0 Å². The summed E-state index contributed by atoms with van der Waals surface area (Å²) >= 11 is 0. The van der Waals surface area contributed by atoms with Crippen molar-refractivity contribution in [1.82, 2.24) is 0 Å². The Balaban J connectivity index is 2.53. The highest BCUT2D eigenvalue weighted by atomic mass is 16.6. The van der Waals surface area contributed by atoms with Crippen LogP contribution in [0.2, 0.25) is 0 Å². The summed E-state index contributed by atoms with van der Waals surface area (Å²) in [7, 11) is 0. The molecule has 5 nitrogen and oxygen atoms in total. The largest absolute Gasteiger partial charge is 0.829 e. The van der Waals surface area contributed by atoms with Gasteiger partial charge in [-0.15, -0.1) is 0 Å². The molecule has 1 aliphatic rings. The van der Waals surface area contributed by atoms with E-state index in [1.54, 1.807) is 0 Å². The molecule has 0 aliphatic carbocycles. The molecular weight excluding hydrogens is 140 g/mol. The molecule has 5 heteroatoms. The van der Waals surface area contributed by atoms with E-state index in [4.69, 9.17) is 15.3 Å². The van der Waals surface area contributed by atoms with Gasteiger partial charge in [0.05, 0.1) is 12.7 Å². The minimum absolute atomic E-state index is 0.447. The number of aliphatic hydroxyl groups is 3. The normalized spacial score (nSPS) is 48.0. The summed E-state index contributed by atoms with van der Waals surface area (Å²) < 4.78 is 4.43. The molecule has 60 valence electrons. The van der Waals surface area contributed by atoms with Crippen molar-refractivity contribution in [2.24, 2.45) is 0 Å². The van der Waals surface area contributed by atoms with E-state index >= 15 is 0 Å². The highest BCUT2D eigenvalue weighted by molar-refractivity contribution is 4.84. The van der Waals surface area contributed by atoms with Gasteiger partial charge in [-0.1, -0.05) is 0 Å². The standard InChI is InChI=1S/C5H9O5/c6-1-2-3(7)4(8)5(9)10-2/h2-8H,1H2/q-1. The lowest BCUT2D eigenvalue weighted by Crippen LogP contribution is -2.39. The predicted octanol–water partition coefficient (Wildman–Crippen LogP) is -3.21. The zero-order valence-electron chi connectivity index (χ0n) is 5.17. The first-order valence-corrected chi connectivity index (χ1v) is 2.95. The van der Waals surface area contributed by atoms with Gasteiger partial charge in [-0.05, 0) is 0 Å². The summed E-state index contributed by atoms with van der Waals surface area (Å²) in [6.07, 6.45) is -5.24. The first-order valence-electron chi connectivity index (χ1n) is 2.95. The summed E-state index contributed by atoms with van der Waals surface area (Å²) in [4.78, 5) is 0. The van der Waals surface area contributed by atoms with Gasteiger partial charge in [0.1, 0.15) is 12.2 Å². The van der Waals surface area contributed by atoms with Crippen molar-refractivity contribution in [1.29, 1.82) is 0 Å². The number of rotatable bonds is 1. The molecule has 1 saturated heterocycles. The molecule has 1 rings (SSSR count). The number of aliphatic hydroxyl groups excluding tert-OH is 3. The van der Waals surface area contributed by atoms with E-state index in [0.717, 1.165) is 0 Å². The summed E-state index contributed by atoms with van der Waals surface area (Å²) in [6.45, 7) is -0.447. The smallest absolute Gasteiger partial charge is 0.109 e. The Bertz CT molecular complexity index is 117. The summed E-state index contributed by atoms with van der Waals surface area (Å²) in [6, 6.07) is 0. The Morgan fingerprint density at radius 3 is 2.10 bits per heavy atom. The van der Waals surface area contributed by atoms with E-state index in [2.05, 4.69) is 4.74 Å². The molecule has 4 unspecified atom stereocenters. The van der Waals surface area contributed by atoms with E-state index in [1.165, 1.54) is 0 Å². The zero-order valence-corrected chi connectivity index (χ0v) is 5.17. The molecule has 10 heavy (non-hydrogen) atoms. The molecule has 0 bridgehead atoms. The van der Waals surface area contributed by atoms with Crippen LogP contribution in [-0.4, -0.2) is 46.5 Å². The molecule has 0 radical (unpaired) electrons. The first kappa shape index (κ1) is 7.90. The quantitative estimate of drug-likeness (QED) is 0.365. The van der Waals surface area contributed by atoms with Crippen LogP contribution in [0.4, 0.5) is 0 Å².